The Balaban J connectivity index is 2.03. The van der Waals surface area contributed by atoms with Crippen LogP contribution in [0.3, 0.4) is 0 Å². The van der Waals surface area contributed by atoms with Gasteiger partial charge in [0, 0.05) is 58.1 Å². The van der Waals surface area contributed by atoms with Gasteiger partial charge in [-0.3, -0.25) is 28.6 Å². The molecule has 0 bridgehead atoms. The van der Waals surface area contributed by atoms with Crippen molar-refractivity contribution in [3.8, 4) is 5.75 Å². The van der Waals surface area contributed by atoms with Gasteiger partial charge in [0.1, 0.15) is 23.4 Å². The molecule has 2 amide bonds. The molecule has 0 fully saturated rings. The van der Waals surface area contributed by atoms with Crippen molar-refractivity contribution >= 4 is 19.4 Å². The van der Waals surface area contributed by atoms with Gasteiger partial charge in [0.15, 0.2) is 11.4 Å². The summed E-state index contributed by atoms with van der Waals surface area (Å²) in [7, 11) is -0.586. The fourth-order valence-corrected chi connectivity index (χ4v) is 5.91. The summed E-state index contributed by atoms with van der Waals surface area (Å²) in [6.45, 7) is 3.42. The average molecular weight is 587 g/mol. The highest BCUT2D eigenvalue weighted by molar-refractivity contribution is 7.53. The number of methoxy groups -OCH3 is 1. The van der Waals surface area contributed by atoms with Gasteiger partial charge in [-0.15, -0.1) is 0 Å². The van der Waals surface area contributed by atoms with E-state index in [-0.39, 0.29) is 51.1 Å². The average Bonchev–Trinajstić information content (AvgIpc) is 2.90. The number of nitrogens with one attached hydrogen (secondary N) is 1. The lowest BCUT2D eigenvalue weighted by Gasteiger charge is -2.45. The van der Waals surface area contributed by atoms with Gasteiger partial charge in [-0.25, -0.2) is 8.78 Å². The van der Waals surface area contributed by atoms with Crippen molar-refractivity contribution in [3.63, 3.8) is 0 Å². The van der Waals surface area contributed by atoms with E-state index in [1.165, 1.54) is 23.7 Å². The molecule has 12 nitrogen and oxygen atoms in total. The van der Waals surface area contributed by atoms with E-state index < -0.39 is 59.6 Å². The van der Waals surface area contributed by atoms with E-state index in [9.17, 15) is 32.8 Å². The van der Waals surface area contributed by atoms with Crippen LogP contribution in [0.4, 0.5) is 8.78 Å². The van der Waals surface area contributed by atoms with Gasteiger partial charge in [0.05, 0.1) is 19.4 Å². The van der Waals surface area contributed by atoms with Gasteiger partial charge in [-0.05, 0) is 19.9 Å². The van der Waals surface area contributed by atoms with Gasteiger partial charge in [-0.2, -0.15) is 0 Å². The minimum atomic E-state index is -3.55. The van der Waals surface area contributed by atoms with Crippen LogP contribution in [0.25, 0.3) is 0 Å². The maximum Gasteiger partial charge on any atom is 0.332 e. The van der Waals surface area contributed by atoms with Gasteiger partial charge in [0.2, 0.25) is 5.43 Å². The minimum Gasteiger partial charge on any atom is -0.502 e. The summed E-state index contributed by atoms with van der Waals surface area (Å²) in [5.41, 5.74) is -2.08. The van der Waals surface area contributed by atoms with E-state index in [1.54, 1.807) is 18.9 Å². The van der Waals surface area contributed by atoms with Crippen LogP contribution in [0.2, 0.25) is 0 Å². The molecular formula is C25H33F2N4O8P. The lowest BCUT2D eigenvalue weighted by molar-refractivity contribution is 0.0576. The van der Waals surface area contributed by atoms with Gasteiger partial charge in [0.25, 0.3) is 11.8 Å². The van der Waals surface area contributed by atoms with E-state index in [2.05, 4.69) is 5.32 Å². The number of ether oxygens (including phenoxy) is 1. The monoisotopic (exact) mass is 586 g/mol. The number of benzene rings is 1. The van der Waals surface area contributed by atoms with E-state index >= 15 is 0 Å². The largest absolute Gasteiger partial charge is 0.502 e. The fraction of sp³-hybridized carbons (Fsp3) is 0.480. The number of halogens is 2. The van der Waals surface area contributed by atoms with Crippen LogP contribution in [0.5, 0.6) is 5.75 Å². The summed E-state index contributed by atoms with van der Waals surface area (Å²) < 4.78 is 57.6. The molecule has 1 atom stereocenters. The molecule has 0 saturated carbocycles. The molecule has 3 rings (SSSR count). The fourth-order valence-electron chi connectivity index (χ4n) is 4.34. The molecule has 2 heterocycles. The maximum atomic E-state index is 14.0. The predicted octanol–water partition coefficient (Wildman–Crippen LogP) is 2.41. The van der Waals surface area contributed by atoms with Crippen LogP contribution in [0.15, 0.2) is 29.2 Å². The standard InChI is InChI=1S/C25H33F2N4O8P/c1-5-38-40(36,39-6-2)12-10-30-20(9-11-37-4)29(3)25(35)21-23(33)22(32)18(15-31(21)30)24(34)28-14-16-7-8-17(26)13-19(16)27/h7-8,13,15,20,33H,5-6,9-12,14H2,1-4H3,(H,28,34)/t20-/m0/s1. The highest BCUT2D eigenvalue weighted by atomic mass is 31.2. The van der Waals surface area contributed by atoms with E-state index in [4.69, 9.17) is 13.8 Å². The minimum absolute atomic E-state index is 0.0273. The van der Waals surface area contributed by atoms with Crippen molar-refractivity contribution in [1.82, 2.24) is 14.9 Å². The SMILES string of the molecule is CCOP(=O)(CCN1[C@@H](CCOC)N(C)C(=O)c2c(O)c(=O)c(C(=O)NCc3ccc(F)cc3F)cn21)OCC. The Bertz CT molecular complexity index is 1340. The van der Waals surface area contributed by atoms with Crippen LogP contribution in [0, 0.1) is 11.6 Å². The Kier molecular flexibility index (Phi) is 10.4. The number of amides is 2. The number of pyridine rings is 1. The number of hydrogen-bond acceptors (Lipinski definition) is 9. The van der Waals surface area contributed by atoms with Gasteiger partial charge >= 0.3 is 7.60 Å². The summed E-state index contributed by atoms with van der Waals surface area (Å²) >= 11 is 0. The quantitative estimate of drug-likeness (QED) is 0.339. The van der Waals surface area contributed by atoms with Gasteiger partial charge < -0.3 is 29.1 Å². The van der Waals surface area contributed by atoms with Crippen LogP contribution < -0.4 is 15.8 Å². The molecule has 2 N–H and O–H groups in total. The zero-order chi connectivity index (χ0) is 29.6. The number of nitrogens with zero attached hydrogens (tertiary/aromatic N) is 3. The molecule has 1 aliphatic heterocycles. The second kappa shape index (κ2) is 13.4. The van der Waals surface area contributed by atoms with Crippen molar-refractivity contribution in [1.29, 1.82) is 0 Å². The van der Waals surface area contributed by atoms with Crippen LogP contribution in [-0.2, 0) is 24.9 Å². The first kappa shape index (κ1) is 31.2. The number of fused-ring (bicyclic) bond motifs is 1. The smallest absolute Gasteiger partial charge is 0.332 e. The molecule has 0 saturated heterocycles. The van der Waals surface area contributed by atoms with Crippen LogP contribution in [-0.4, -0.2) is 79.3 Å². The van der Waals surface area contributed by atoms with Gasteiger partial charge in [-0.1, -0.05) is 6.07 Å². The Morgan fingerprint density at radius 2 is 1.85 bits per heavy atom. The highest BCUT2D eigenvalue weighted by Crippen LogP contribution is 2.47. The first-order valence-electron chi connectivity index (χ1n) is 12.6. The van der Waals surface area contributed by atoms with Crippen molar-refractivity contribution in [2.24, 2.45) is 0 Å². The number of carbonyl (C=O) groups excluding carboxylic acids is 2. The summed E-state index contributed by atoms with van der Waals surface area (Å²) in [6.07, 6.45) is 0.565. The summed E-state index contributed by atoms with van der Waals surface area (Å²) in [6, 6.07) is 2.83. The lowest BCUT2D eigenvalue weighted by atomic mass is 10.1. The van der Waals surface area contributed by atoms with Crippen molar-refractivity contribution < 1.29 is 41.8 Å². The molecule has 15 heteroatoms. The van der Waals surface area contributed by atoms with Crippen LogP contribution >= 0.6 is 7.60 Å². The predicted molar refractivity (Wildman–Crippen MR) is 141 cm³/mol. The zero-order valence-corrected chi connectivity index (χ0v) is 23.6. The second-order valence-electron chi connectivity index (χ2n) is 8.84. The number of rotatable bonds is 13. The molecule has 2 aromatic rings. The second-order valence-corrected chi connectivity index (χ2v) is 11.0. The molecule has 1 aliphatic rings. The van der Waals surface area contributed by atoms with E-state index in [0.29, 0.717) is 6.07 Å². The Labute approximate surface area is 229 Å². The molecule has 40 heavy (non-hydrogen) atoms. The first-order valence-corrected chi connectivity index (χ1v) is 14.3. The van der Waals surface area contributed by atoms with Crippen molar-refractivity contribution in [3.05, 3.63) is 63.1 Å². The Morgan fingerprint density at radius 3 is 2.45 bits per heavy atom. The summed E-state index contributed by atoms with van der Waals surface area (Å²) in [5, 5.41) is 14.7. The van der Waals surface area contributed by atoms with Crippen molar-refractivity contribution in [2.75, 3.05) is 51.7 Å². The normalized spacial score (nSPS) is 15.3. The molecule has 220 valence electrons. The third-order valence-corrected chi connectivity index (χ3v) is 8.34. The molecule has 0 aliphatic carbocycles. The Hall–Kier alpha value is -3.32. The maximum absolute atomic E-state index is 14.0. The summed E-state index contributed by atoms with van der Waals surface area (Å²) in [5.74, 6) is -4.30. The third kappa shape index (κ3) is 6.69. The topological polar surface area (TPSA) is 140 Å². The summed E-state index contributed by atoms with van der Waals surface area (Å²) in [4.78, 5) is 40.5. The molecule has 1 aromatic carbocycles. The number of aromatic hydroxyl groups is 1. The lowest BCUT2D eigenvalue weighted by Crippen LogP contribution is -2.61. The molecule has 0 spiro atoms. The van der Waals surface area contributed by atoms with E-state index in [0.717, 1.165) is 18.3 Å². The zero-order valence-electron chi connectivity index (χ0n) is 22.7. The first-order chi connectivity index (χ1) is 19.0. The highest BCUT2D eigenvalue weighted by Gasteiger charge is 2.40. The molecule has 0 unspecified atom stereocenters. The number of aromatic nitrogens is 1. The number of carbonyl (C=O) groups is 2. The molecule has 0 radical (unpaired) electrons. The molecule has 1 aromatic heterocycles. The van der Waals surface area contributed by atoms with E-state index in [1.807, 2.05) is 0 Å². The van der Waals surface area contributed by atoms with Crippen LogP contribution in [0.1, 0.15) is 46.7 Å². The van der Waals surface area contributed by atoms with Crippen molar-refractivity contribution in [2.45, 2.75) is 33.0 Å². The third-order valence-electron chi connectivity index (χ3n) is 6.29. The number of hydrogen-bond donors (Lipinski definition) is 2. The molecular weight excluding hydrogens is 553 g/mol. The Morgan fingerprint density at radius 1 is 1.18 bits per heavy atom.